The molecule has 0 spiro atoms. The maximum atomic E-state index is 13.3. The van der Waals surface area contributed by atoms with Gasteiger partial charge in [-0.15, -0.1) is 34.0 Å². The molecule has 0 aliphatic carbocycles. The van der Waals surface area contributed by atoms with Gasteiger partial charge in [0.05, 0.1) is 98.0 Å². The van der Waals surface area contributed by atoms with E-state index in [4.69, 9.17) is 18.9 Å². The van der Waals surface area contributed by atoms with Crippen LogP contribution < -0.4 is 0 Å². The molecule has 0 bridgehead atoms. The zero-order chi connectivity index (χ0) is 77.4. The molecule has 0 saturated carbocycles. The summed E-state index contributed by atoms with van der Waals surface area (Å²) >= 11 is 4.71. The first-order chi connectivity index (χ1) is 47.9. The summed E-state index contributed by atoms with van der Waals surface area (Å²) in [6, 6.07) is 0. The van der Waals surface area contributed by atoms with Crippen molar-refractivity contribution in [2.45, 2.75) is 290 Å². The highest BCUT2D eigenvalue weighted by Crippen LogP contribution is 2.45. The molecule has 7 heterocycles. The molecule has 3 aromatic rings. The van der Waals surface area contributed by atoms with Crippen LogP contribution in [0.2, 0.25) is 0 Å². The summed E-state index contributed by atoms with van der Waals surface area (Å²) in [5.41, 5.74) is 2.91. The van der Waals surface area contributed by atoms with Crippen molar-refractivity contribution >= 4 is 87.5 Å². The van der Waals surface area contributed by atoms with E-state index in [-0.39, 0.29) is 84.1 Å². The van der Waals surface area contributed by atoms with Crippen LogP contribution in [0.4, 0.5) is 0 Å². The smallest absolute Gasteiger partial charge is 0.309 e. The topological polar surface area (TPSA) is 282 Å². The highest BCUT2D eigenvalue weighted by atomic mass is 32.1. The molecule has 3 aromatic heterocycles. The van der Waals surface area contributed by atoms with E-state index >= 15 is 0 Å². The van der Waals surface area contributed by atoms with Crippen molar-refractivity contribution in [3.05, 3.63) is 101 Å². The number of aromatic nitrogens is 3. The van der Waals surface area contributed by atoms with E-state index in [1.165, 1.54) is 5.57 Å². The molecular weight excluding hydrogens is 1360 g/mol. The average Bonchev–Trinajstić information content (AvgIpc) is 1.62. The molecule has 574 valence electrons. The number of aryl methyl sites for hydroxylation is 3. The van der Waals surface area contributed by atoms with Crippen molar-refractivity contribution in [1.29, 1.82) is 0 Å². The Hall–Kier alpha value is -5.49. The molecule has 1 saturated heterocycles. The molecule has 103 heavy (non-hydrogen) atoms. The maximum absolute atomic E-state index is 13.3. The molecular formula is C82H123N3O15S3. The molecule has 4 aliphatic rings. The van der Waals surface area contributed by atoms with Crippen LogP contribution in [0, 0.1) is 84.4 Å². The van der Waals surface area contributed by atoms with Crippen LogP contribution >= 0.6 is 34.0 Å². The van der Waals surface area contributed by atoms with Gasteiger partial charge in [-0.3, -0.25) is 28.8 Å². The van der Waals surface area contributed by atoms with Gasteiger partial charge >= 0.3 is 17.9 Å². The lowest BCUT2D eigenvalue weighted by Crippen LogP contribution is -2.45. The lowest BCUT2D eigenvalue weighted by Gasteiger charge is -2.35. The molecule has 7 rings (SSSR count). The number of aliphatic hydroxyl groups is 5. The van der Waals surface area contributed by atoms with Gasteiger partial charge in [-0.1, -0.05) is 133 Å². The summed E-state index contributed by atoms with van der Waals surface area (Å²) in [6.07, 6.45) is 15.9. The van der Waals surface area contributed by atoms with Gasteiger partial charge in [-0.05, 0) is 153 Å². The zero-order valence-corrected chi connectivity index (χ0v) is 68.0. The van der Waals surface area contributed by atoms with E-state index in [2.05, 4.69) is 41.0 Å². The number of carbonyl (C=O) groups is 6. The summed E-state index contributed by atoms with van der Waals surface area (Å²) in [7, 11) is 0. The number of cyclic esters (lactones) is 3. The van der Waals surface area contributed by atoms with Crippen molar-refractivity contribution in [3.8, 4) is 0 Å². The Kier molecular flexibility index (Phi) is 33.3. The number of ether oxygens (including phenoxy) is 4. The quantitative estimate of drug-likeness (QED) is 0.0663. The number of aliphatic hydroxyl groups excluding tert-OH is 5. The maximum Gasteiger partial charge on any atom is 0.309 e. The highest BCUT2D eigenvalue weighted by molar-refractivity contribution is 7.10. The number of carbonyl (C=O) groups excluding carboxylic acids is 6. The van der Waals surface area contributed by atoms with Crippen LogP contribution in [0.1, 0.15) is 241 Å². The van der Waals surface area contributed by atoms with Gasteiger partial charge in [0.15, 0.2) is 0 Å². The number of esters is 3. The number of thiazole rings is 3. The monoisotopic (exact) mass is 1490 g/mol. The number of allylic oxidation sites excluding steroid dienone is 2. The van der Waals surface area contributed by atoms with Crippen molar-refractivity contribution in [3.63, 3.8) is 0 Å². The second kappa shape index (κ2) is 38.9. The molecule has 5 N–H and O–H groups in total. The number of Topliss-reactive ketones (excluding diaryl/α,β-unsaturated/α-hetero) is 3. The van der Waals surface area contributed by atoms with Crippen LogP contribution in [0.15, 0.2) is 68.8 Å². The van der Waals surface area contributed by atoms with Crippen molar-refractivity contribution in [2.24, 2.45) is 63.6 Å². The minimum atomic E-state index is -1.25. The van der Waals surface area contributed by atoms with Crippen LogP contribution in [0.5, 0.6) is 0 Å². The predicted octanol–water partition coefficient (Wildman–Crippen LogP) is 15.9. The van der Waals surface area contributed by atoms with E-state index in [1.54, 1.807) is 75.6 Å². The molecule has 4 aliphatic heterocycles. The van der Waals surface area contributed by atoms with E-state index in [0.29, 0.717) is 31.6 Å². The number of epoxide rings is 1. The van der Waals surface area contributed by atoms with Gasteiger partial charge in [0, 0.05) is 70.4 Å². The molecule has 1 unspecified atom stereocenters. The van der Waals surface area contributed by atoms with Crippen LogP contribution in [-0.4, -0.2) is 136 Å². The third kappa shape index (κ3) is 25.6. The van der Waals surface area contributed by atoms with E-state index in [9.17, 15) is 54.3 Å². The minimum absolute atomic E-state index is 0.00171. The molecule has 1 fully saturated rings. The van der Waals surface area contributed by atoms with E-state index in [0.717, 1.165) is 80.9 Å². The summed E-state index contributed by atoms with van der Waals surface area (Å²) in [6.45, 7) is 41.0. The Morgan fingerprint density at radius 2 is 0.913 bits per heavy atom. The SMILES string of the molecule is C/C(=C\c1csc(C)n1)[C@@H]1CCC(C)C/C=C/[C@H](C)[C@H](O)[C@@H](C)C(=O)C(C)(C)[C@@H](O)CC(=O)O1.C/C(=C\c1csc(C)n1)[C@@H]1C[C@@H]2O[C@]2(C)CC=C[C@H](C)[C@H](O)[C@@H](C)C(=O)C(C)(C)[C@@H](O)CC(=O)O1.C/C1=C/C[C@@H](/C(C)=C/c2csc(C)n2)OC(=O)C[C@H](C)C(C)(C)C(=O)[C@H](C)[C@@H](O)[C@@H](C)CCC1. The number of rotatable bonds is 6. The third-order valence-corrected chi connectivity index (χ3v) is 24.4. The first kappa shape index (κ1) is 88.1. The van der Waals surface area contributed by atoms with Crippen molar-refractivity contribution < 1.29 is 73.2 Å². The van der Waals surface area contributed by atoms with Crippen LogP contribution in [-0.2, 0) is 47.7 Å². The molecule has 21 heteroatoms. The van der Waals surface area contributed by atoms with Crippen LogP contribution in [0.3, 0.4) is 0 Å². The Balaban J connectivity index is 0.000000278. The second-order valence-electron chi connectivity index (χ2n) is 32.1. The van der Waals surface area contributed by atoms with Gasteiger partial charge in [0.25, 0.3) is 0 Å². The molecule has 18 atom stereocenters. The van der Waals surface area contributed by atoms with Gasteiger partial charge < -0.3 is 44.5 Å². The molecule has 0 radical (unpaired) electrons. The molecule has 18 nitrogen and oxygen atoms in total. The fourth-order valence-electron chi connectivity index (χ4n) is 13.6. The van der Waals surface area contributed by atoms with Gasteiger partial charge in [0.1, 0.15) is 35.7 Å². The first-order valence-corrected chi connectivity index (χ1v) is 39.6. The Morgan fingerprint density at radius 3 is 1.38 bits per heavy atom. The number of hydrogen-bond acceptors (Lipinski definition) is 21. The fourth-order valence-corrected chi connectivity index (χ4v) is 15.3. The minimum Gasteiger partial charge on any atom is -0.458 e. The first-order valence-electron chi connectivity index (χ1n) is 37.0. The number of ketones is 3. The summed E-state index contributed by atoms with van der Waals surface area (Å²) in [5.74, 6) is -4.12. The summed E-state index contributed by atoms with van der Waals surface area (Å²) in [5, 5.41) is 62.9. The summed E-state index contributed by atoms with van der Waals surface area (Å²) < 4.78 is 23.7. The largest absolute Gasteiger partial charge is 0.458 e. The van der Waals surface area contributed by atoms with Crippen molar-refractivity contribution in [1.82, 2.24) is 15.0 Å². The second-order valence-corrected chi connectivity index (χ2v) is 35.3. The predicted molar refractivity (Wildman–Crippen MR) is 412 cm³/mol. The number of fused-ring (bicyclic) bond motifs is 1. The number of hydrogen-bond donors (Lipinski definition) is 5. The highest BCUT2D eigenvalue weighted by Gasteiger charge is 2.53. The van der Waals surface area contributed by atoms with E-state index < -0.39 is 88.7 Å². The van der Waals surface area contributed by atoms with Gasteiger partial charge in [-0.25, -0.2) is 15.0 Å². The molecule has 0 amide bonds. The lowest BCUT2D eigenvalue weighted by molar-refractivity contribution is -0.156. The third-order valence-electron chi connectivity index (χ3n) is 22.1. The standard InChI is InChI=1S/C28H43NO4S.C27H39NO6S.C27H41NO5S/c1-17-10-9-11-18(2)26(31)21(5)27(32)28(7,8)20(4)15-25(30)33-24(13-12-17)19(3)14-23-16-34-22(6)29-23;1-15-9-8-10-27(7)22(34-27)12-20(16(2)11-19-14-35-18(4)28-19)33-23(30)13-21(29)26(5,6)25(32)17(3)24(15)31;1-16-9-8-10-17(2)25(31)19(4)26(32)27(6,7)23(29)14-24(30)33-22(12-11-16)18(3)13-21-15-34-20(5)28-21/h12,14,16,18,20-21,24,26,31H,9-11,13,15H2,1-8H3;8-9,11,14-15,17,20-22,24,29,31H,10,12-13H2,1-7H3;8,10,13,15-17,19,22-23,25,29,31H,9,11-12,14H2,1-7H3/b17-12-,19-14+;9-8?,16-11+;10-8+,18-13+/t18-,20-,21+,24-,26-;15-,17+,20-,21-,22-,24-,27+;16?,17-,19+,22-,23-,25-/m000/s1. The lowest BCUT2D eigenvalue weighted by atomic mass is 9.69. The summed E-state index contributed by atoms with van der Waals surface area (Å²) in [4.78, 5) is 91.9. The normalized spacial score (nSPS) is 34.2. The average molecular weight is 1490 g/mol. The van der Waals surface area contributed by atoms with Crippen molar-refractivity contribution in [2.75, 3.05) is 0 Å². The zero-order valence-electron chi connectivity index (χ0n) is 65.5. The van der Waals surface area contributed by atoms with Gasteiger partial charge in [0.2, 0.25) is 0 Å². The number of nitrogens with zero attached hydrogens (tertiary/aromatic N) is 3. The van der Waals surface area contributed by atoms with Gasteiger partial charge in [-0.2, -0.15) is 0 Å². The van der Waals surface area contributed by atoms with E-state index in [1.807, 2.05) is 150 Å². The Bertz CT molecular complexity index is 3530. The Labute approximate surface area is 626 Å². The van der Waals surface area contributed by atoms with Crippen LogP contribution in [0.25, 0.3) is 18.2 Å². The Morgan fingerprint density at radius 1 is 0.505 bits per heavy atom. The fraction of sp³-hybridized carbons (Fsp3) is 0.671. The molecule has 0 aromatic carbocycles.